The molecule has 0 saturated heterocycles. The van der Waals surface area contributed by atoms with Crippen LogP contribution in [0.3, 0.4) is 0 Å². The van der Waals surface area contributed by atoms with Gasteiger partial charge in [0, 0.05) is 6.42 Å². The Labute approximate surface area is 89.0 Å². The predicted octanol–water partition coefficient (Wildman–Crippen LogP) is 1.32. The highest BCUT2D eigenvalue weighted by atomic mass is 32.2. The molecule has 15 heavy (non-hydrogen) atoms. The number of carbonyl (C=O) groups excluding carboxylic acids is 1. The second-order valence-corrected chi connectivity index (χ2v) is 5.86. The Morgan fingerprint density at radius 2 is 2.20 bits per heavy atom. The molecule has 1 aliphatic rings. The minimum atomic E-state index is -3.17. The van der Waals surface area contributed by atoms with E-state index in [1.165, 1.54) is 0 Å². The molecular weight excluding hydrogens is 212 g/mol. The van der Waals surface area contributed by atoms with Crippen LogP contribution in [-0.4, -0.2) is 20.5 Å². The molecule has 1 aromatic rings. The highest BCUT2D eigenvalue weighted by Gasteiger charge is 2.33. The summed E-state index contributed by atoms with van der Waals surface area (Å²) in [4.78, 5) is 10.9. The van der Waals surface area contributed by atoms with E-state index in [2.05, 4.69) is 0 Å². The lowest BCUT2D eigenvalue weighted by Crippen LogP contribution is -2.03. The molecule has 4 heteroatoms. The first-order valence-corrected chi connectivity index (χ1v) is 6.49. The van der Waals surface area contributed by atoms with E-state index in [-0.39, 0.29) is 18.1 Å². The van der Waals surface area contributed by atoms with Crippen LogP contribution in [0.15, 0.2) is 23.1 Å². The van der Waals surface area contributed by atoms with Gasteiger partial charge in [-0.3, -0.25) is 0 Å². The van der Waals surface area contributed by atoms with Crippen LogP contribution in [0.5, 0.6) is 0 Å². The summed E-state index contributed by atoms with van der Waals surface area (Å²) in [6, 6.07) is 5.36. The minimum Gasteiger partial charge on any atom is -0.303 e. The first-order chi connectivity index (χ1) is 7.06. The quantitative estimate of drug-likeness (QED) is 0.712. The van der Waals surface area contributed by atoms with Crippen molar-refractivity contribution in [3.8, 4) is 0 Å². The highest BCUT2D eigenvalue weighted by Crippen LogP contribution is 2.36. The van der Waals surface area contributed by atoms with Crippen molar-refractivity contribution >= 4 is 16.1 Å². The molecule has 1 aliphatic heterocycles. The SMILES string of the molecule is CC1CS(=O)(=O)c2c(CC=O)cccc21. The molecule has 1 aromatic carbocycles. The Morgan fingerprint density at radius 1 is 1.47 bits per heavy atom. The molecule has 0 bridgehead atoms. The fraction of sp³-hybridized carbons (Fsp3) is 0.364. The summed E-state index contributed by atoms with van der Waals surface area (Å²) in [5, 5.41) is 0. The second-order valence-electron chi connectivity index (χ2n) is 3.89. The topological polar surface area (TPSA) is 51.2 Å². The molecule has 0 radical (unpaired) electrons. The summed E-state index contributed by atoms with van der Waals surface area (Å²) < 4.78 is 23.7. The van der Waals surface area contributed by atoms with Gasteiger partial charge in [0.25, 0.3) is 0 Å². The maximum absolute atomic E-state index is 11.8. The van der Waals surface area contributed by atoms with Gasteiger partial charge < -0.3 is 4.79 Å². The third-order valence-corrected chi connectivity index (χ3v) is 4.80. The van der Waals surface area contributed by atoms with Crippen molar-refractivity contribution in [3.05, 3.63) is 29.3 Å². The molecule has 0 saturated carbocycles. The zero-order valence-electron chi connectivity index (χ0n) is 8.43. The van der Waals surface area contributed by atoms with E-state index in [9.17, 15) is 13.2 Å². The van der Waals surface area contributed by atoms with Gasteiger partial charge in [-0.25, -0.2) is 8.42 Å². The monoisotopic (exact) mass is 224 g/mol. The van der Waals surface area contributed by atoms with Crippen LogP contribution < -0.4 is 0 Å². The average Bonchev–Trinajstić information content (AvgIpc) is 2.39. The van der Waals surface area contributed by atoms with Gasteiger partial charge in [0.1, 0.15) is 6.29 Å². The van der Waals surface area contributed by atoms with Crippen LogP contribution in [0.25, 0.3) is 0 Å². The molecule has 0 spiro atoms. The number of hydrogen-bond donors (Lipinski definition) is 0. The van der Waals surface area contributed by atoms with E-state index in [1.807, 2.05) is 19.1 Å². The summed E-state index contributed by atoms with van der Waals surface area (Å²) in [7, 11) is -3.17. The van der Waals surface area contributed by atoms with Crippen molar-refractivity contribution in [1.29, 1.82) is 0 Å². The lowest BCUT2D eigenvalue weighted by atomic mass is 10.0. The zero-order valence-corrected chi connectivity index (χ0v) is 9.25. The largest absolute Gasteiger partial charge is 0.303 e. The van der Waals surface area contributed by atoms with Gasteiger partial charge in [0.05, 0.1) is 10.6 Å². The molecule has 1 atom stereocenters. The first kappa shape index (κ1) is 10.4. The summed E-state index contributed by atoms with van der Waals surface area (Å²) in [6.07, 6.45) is 0.920. The Balaban J connectivity index is 2.69. The number of hydrogen-bond acceptors (Lipinski definition) is 3. The molecule has 3 nitrogen and oxygen atoms in total. The van der Waals surface area contributed by atoms with Gasteiger partial charge >= 0.3 is 0 Å². The van der Waals surface area contributed by atoms with Crippen molar-refractivity contribution in [1.82, 2.24) is 0 Å². The van der Waals surface area contributed by atoms with Gasteiger partial charge in [-0.15, -0.1) is 0 Å². The van der Waals surface area contributed by atoms with Crippen LogP contribution >= 0.6 is 0 Å². The number of benzene rings is 1. The van der Waals surface area contributed by atoms with Gasteiger partial charge in [0.2, 0.25) is 0 Å². The zero-order chi connectivity index (χ0) is 11.1. The molecule has 0 aromatic heterocycles. The molecule has 2 rings (SSSR count). The van der Waals surface area contributed by atoms with Crippen molar-refractivity contribution < 1.29 is 13.2 Å². The van der Waals surface area contributed by atoms with Crippen molar-refractivity contribution in [2.45, 2.75) is 24.2 Å². The van der Waals surface area contributed by atoms with E-state index in [0.717, 1.165) is 11.8 Å². The lowest BCUT2D eigenvalue weighted by molar-refractivity contribution is -0.107. The van der Waals surface area contributed by atoms with Crippen LogP contribution in [-0.2, 0) is 21.1 Å². The summed E-state index contributed by atoms with van der Waals surface area (Å²) in [5.74, 6) is 0.203. The van der Waals surface area contributed by atoms with Crippen LogP contribution in [0.1, 0.15) is 24.0 Å². The minimum absolute atomic E-state index is 0.0385. The third-order valence-electron chi connectivity index (χ3n) is 2.74. The molecule has 0 aliphatic carbocycles. The van der Waals surface area contributed by atoms with Crippen molar-refractivity contribution in [3.63, 3.8) is 0 Å². The summed E-state index contributed by atoms with van der Waals surface area (Å²) in [6.45, 7) is 1.90. The maximum Gasteiger partial charge on any atom is 0.179 e. The van der Waals surface area contributed by atoms with Crippen LogP contribution in [0.2, 0.25) is 0 Å². The van der Waals surface area contributed by atoms with Gasteiger partial charge in [-0.2, -0.15) is 0 Å². The summed E-state index contributed by atoms with van der Waals surface area (Å²) >= 11 is 0. The van der Waals surface area contributed by atoms with E-state index >= 15 is 0 Å². The first-order valence-electron chi connectivity index (χ1n) is 4.84. The fourth-order valence-corrected chi connectivity index (χ4v) is 4.31. The molecule has 0 N–H and O–H groups in total. The normalized spacial score (nSPS) is 22.3. The Kier molecular flexibility index (Phi) is 2.38. The van der Waals surface area contributed by atoms with Crippen LogP contribution in [0.4, 0.5) is 0 Å². The van der Waals surface area contributed by atoms with Gasteiger partial charge in [-0.1, -0.05) is 25.1 Å². The maximum atomic E-state index is 11.8. The van der Waals surface area contributed by atoms with Crippen molar-refractivity contribution in [2.75, 3.05) is 5.75 Å². The Morgan fingerprint density at radius 3 is 2.87 bits per heavy atom. The molecule has 0 amide bonds. The number of rotatable bonds is 2. The molecule has 0 fully saturated rings. The average molecular weight is 224 g/mol. The number of aldehydes is 1. The fourth-order valence-electron chi connectivity index (χ4n) is 2.12. The molecule has 80 valence electrons. The van der Waals surface area contributed by atoms with Crippen molar-refractivity contribution in [2.24, 2.45) is 0 Å². The molecule has 1 heterocycles. The molecular formula is C11H12O3S. The second kappa shape index (κ2) is 3.45. The number of carbonyl (C=O) groups is 1. The van der Waals surface area contributed by atoms with E-state index in [0.29, 0.717) is 10.5 Å². The van der Waals surface area contributed by atoms with E-state index < -0.39 is 9.84 Å². The third kappa shape index (κ3) is 1.59. The summed E-state index contributed by atoms with van der Waals surface area (Å²) in [5.41, 5.74) is 1.49. The van der Waals surface area contributed by atoms with E-state index in [1.54, 1.807) is 6.07 Å². The van der Waals surface area contributed by atoms with E-state index in [4.69, 9.17) is 0 Å². The smallest absolute Gasteiger partial charge is 0.179 e. The highest BCUT2D eigenvalue weighted by molar-refractivity contribution is 7.91. The lowest BCUT2D eigenvalue weighted by Gasteiger charge is -2.05. The molecule has 1 unspecified atom stereocenters. The standard InChI is InChI=1S/C11H12O3S/c1-8-7-15(13,14)11-9(5-6-12)3-2-4-10(8)11/h2-4,6,8H,5,7H2,1H3. The predicted molar refractivity (Wildman–Crippen MR) is 56.7 cm³/mol. The Bertz CT molecular complexity index is 503. The van der Waals surface area contributed by atoms with Gasteiger partial charge in [0.15, 0.2) is 9.84 Å². The van der Waals surface area contributed by atoms with Gasteiger partial charge in [-0.05, 0) is 17.0 Å². The number of sulfone groups is 1. The number of fused-ring (bicyclic) bond motifs is 1. The van der Waals surface area contributed by atoms with Crippen LogP contribution in [0, 0.1) is 0 Å². The Hall–Kier alpha value is -1.16.